The Morgan fingerprint density at radius 1 is 1.40 bits per heavy atom. The van der Waals surface area contributed by atoms with Crippen LogP contribution < -0.4 is 4.74 Å². The third-order valence-corrected chi connectivity index (χ3v) is 3.45. The SMILES string of the molecule is CC(C)(CC1Cc2ccc(C(F)(F)F)cc2O1)C(=O)O. The minimum absolute atomic E-state index is 0.200. The van der Waals surface area contributed by atoms with E-state index in [1.807, 2.05) is 0 Å². The van der Waals surface area contributed by atoms with Crippen LogP contribution in [-0.4, -0.2) is 17.2 Å². The normalized spacial score (nSPS) is 18.6. The number of benzene rings is 1. The molecule has 0 radical (unpaired) electrons. The molecule has 3 nitrogen and oxygen atoms in total. The summed E-state index contributed by atoms with van der Waals surface area (Å²) < 4.78 is 43.3. The minimum atomic E-state index is -4.41. The molecule has 0 saturated heterocycles. The lowest BCUT2D eigenvalue weighted by atomic mass is 9.86. The second-order valence-electron chi connectivity index (χ2n) is 5.66. The third kappa shape index (κ3) is 2.89. The van der Waals surface area contributed by atoms with Crippen molar-refractivity contribution < 1.29 is 27.8 Å². The van der Waals surface area contributed by atoms with Gasteiger partial charge in [0.1, 0.15) is 11.9 Å². The Labute approximate surface area is 114 Å². The van der Waals surface area contributed by atoms with Gasteiger partial charge in [-0.05, 0) is 31.5 Å². The molecule has 0 saturated carbocycles. The average molecular weight is 288 g/mol. The highest BCUT2D eigenvalue weighted by molar-refractivity contribution is 5.73. The van der Waals surface area contributed by atoms with Gasteiger partial charge in [0.2, 0.25) is 0 Å². The molecule has 20 heavy (non-hydrogen) atoms. The summed E-state index contributed by atoms with van der Waals surface area (Å²) in [6, 6.07) is 3.39. The first-order valence-electron chi connectivity index (χ1n) is 6.20. The first-order chi connectivity index (χ1) is 9.09. The lowest BCUT2D eigenvalue weighted by molar-refractivity contribution is -0.148. The number of fused-ring (bicyclic) bond motifs is 1. The number of ether oxygens (including phenoxy) is 1. The summed E-state index contributed by atoms with van der Waals surface area (Å²) in [5, 5.41) is 9.07. The molecule has 1 aromatic rings. The zero-order valence-electron chi connectivity index (χ0n) is 11.1. The Bertz CT molecular complexity index is 535. The van der Waals surface area contributed by atoms with Crippen LogP contribution >= 0.6 is 0 Å². The van der Waals surface area contributed by atoms with Gasteiger partial charge in [0.25, 0.3) is 0 Å². The summed E-state index contributed by atoms with van der Waals surface area (Å²) in [6.45, 7) is 3.14. The highest BCUT2D eigenvalue weighted by Gasteiger charge is 2.36. The van der Waals surface area contributed by atoms with E-state index in [-0.39, 0.29) is 12.2 Å². The lowest BCUT2D eigenvalue weighted by Crippen LogP contribution is -2.30. The van der Waals surface area contributed by atoms with E-state index >= 15 is 0 Å². The maximum atomic E-state index is 12.6. The van der Waals surface area contributed by atoms with Crippen molar-refractivity contribution in [3.8, 4) is 5.75 Å². The monoisotopic (exact) mass is 288 g/mol. The highest BCUT2D eigenvalue weighted by Crippen LogP contribution is 2.38. The van der Waals surface area contributed by atoms with Gasteiger partial charge in [0, 0.05) is 12.8 Å². The highest BCUT2D eigenvalue weighted by atomic mass is 19.4. The number of alkyl halides is 3. The van der Waals surface area contributed by atoms with E-state index < -0.39 is 29.2 Å². The Hall–Kier alpha value is -1.72. The van der Waals surface area contributed by atoms with Crippen molar-refractivity contribution in [2.24, 2.45) is 5.41 Å². The predicted octanol–water partition coefficient (Wildman–Crippen LogP) is 3.51. The second kappa shape index (κ2) is 4.68. The molecule has 1 unspecified atom stereocenters. The van der Waals surface area contributed by atoms with Gasteiger partial charge in [0.15, 0.2) is 0 Å². The molecule has 1 aliphatic rings. The summed E-state index contributed by atoms with van der Waals surface area (Å²) in [4.78, 5) is 11.1. The molecule has 1 aliphatic heterocycles. The maximum absolute atomic E-state index is 12.6. The average Bonchev–Trinajstić information content (AvgIpc) is 2.67. The third-order valence-electron chi connectivity index (χ3n) is 3.45. The van der Waals surface area contributed by atoms with Crippen LogP contribution in [0, 0.1) is 5.41 Å². The summed E-state index contributed by atoms with van der Waals surface area (Å²) in [5.41, 5.74) is -1.04. The van der Waals surface area contributed by atoms with Crippen LogP contribution in [0.4, 0.5) is 13.2 Å². The summed E-state index contributed by atoms with van der Waals surface area (Å²) in [6.07, 6.45) is -4.13. The van der Waals surface area contributed by atoms with Crippen LogP contribution in [0.25, 0.3) is 0 Å². The van der Waals surface area contributed by atoms with E-state index in [2.05, 4.69) is 0 Å². The number of carboxylic acid groups (broad SMARTS) is 1. The van der Waals surface area contributed by atoms with Crippen LogP contribution in [0.2, 0.25) is 0 Å². The number of hydrogen-bond acceptors (Lipinski definition) is 2. The molecular weight excluding hydrogens is 273 g/mol. The Morgan fingerprint density at radius 2 is 2.05 bits per heavy atom. The predicted molar refractivity (Wildman–Crippen MR) is 65.6 cm³/mol. The molecule has 1 aromatic carbocycles. The van der Waals surface area contributed by atoms with Crippen molar-refractivity contribution in [2.75, 3.05) is 0 Å². The van der Waals surface area contributed by atoms with Gasteiger partial charge in [-0.2, -0.15) is 13.2 Å². The van der Waals surface area contributed by atoms with Gasteiger partial charge in [0.05, 0.1) is 11.0 Å². The molecule has 1 heterocycles. The summed E-state index contributed by atoms with van der Waals surface area (Å²) in [5.74, 6) is -0.751. The molecule has 0 aliphatic carbocycles. The van der Waals surface area contributed by atoms with E-state index in [9.17, 15) is 18.0 Å². The Balaban J connectivity index is 2.14. The van der Waals surface area contributed by atoms with Crippen LogP contribution in [0.5, 0.6) is 5.75 Å². The van der Waals surface area contributed by atoms with Crippen molar-refractivity contribution >= 4 is 5.97 Å². The van der Waals surface area contributed by atoms with Crippen molar-refractivity contribution in [3.05, 3.63) is 29.3 Å². The molecule has 2 rings (SSSR count). The van der Waals surface area contributed by atoms with Gasteiger partial charge in [-0.1, -0.05) is 6.07 Å². The van der Waals surface area contributed by atoms with E-state index in [0.29, 0.717) is 12.0 Å². The fourth-order valence-corrected chi connectivity index (χ4v) is 2.25. The standard InChI is InChI=1S/C14H15F3O3/c1-13(2,12(18)19)7-10-5-8-3-4-9(14(15,16)17)6-11(8)20-10/h3-4,6,10H,5,7H2,1-2H3,(H,18,19). The van der Waals surface area contributed by atoms with E-state index in [1.54, 1.807) is 13.8 Å². The fraction of sp³-hybridized carbons (Fsp3) is 0.500. The fourth-order valence-electron chi connectivity index (χ4n) is 2.25. The minimum Gasteiger partial charge on any atom is -0.490 e. The Kier molecular flexibility index (Phi) is 3.44. The summed E-state index contributed by atoms with van der Waals surface area (Å²) >= 11 is 0. The largest absolute Gasteiger partial charge is 0.490 e. The van der Waals surface area contributed by atoms with E-state index in [4.69, 9.17) is 9.84 Å². The topological polar surface area (TPSA) is 46.5 Å². The maximum Gasteiger partial charge on any atom is 0.416 e. The number of carboxylic acids is 1. The lowest BCUT2D eigenvalue weighted by Gasteiger charge is -2.22. The quantitative estimate of drug-likeness (QED) is 0.925. The van der Waals surface area contributed by atoms with E-state index in [0.717, 1.165) is 12.1 Å². The Morgan fingerprint density at radius 3 is 2.60 bits per heavy atom. The molecule has 1 N–H and O–H groups in total. The molecule has 0 fully saturated rings. The molecule has 0 bridgehead atoms. The number of hydrogen-bond donors (Lipinski definition) is 1. The zero-order chi connectivity index (χ0) is 15.1. The van der Waals surface area contributed by atoms with Crippen molar-refractivity contribution in [1.82, 2.24) is 0 Å². The molecule has 6 heteroatoms. The first kappa shape index (κ1) is 14.7. The number of aliphatic carboxylic acids is 1. The van der Waals surface area contributed by atoms with Crippen molar-refractivity contribution in [3.63, 3.8) is 0 Å². The first-order valence-corrected chi connectivity index (χ1v) is 6.20. The van der Waals surface area contributed by atoms with Gasteiger partial charge in [-0.15, -0.1) is 0 Å². The van der Waals surface area contributed by atoms with Gasteiger partial charge in [-0.25, -0.2) is 0 Å². The molecule has 1 atom stereocenters. The van der Waals surface area contributed by atoms with Crippen LogP contribution in [0.1, 0.15) is 31.4 Å². The zero-order valence-corrected chi connectivity index (χ0v) is 11.1. The van der Waals surface area contributed by atoms with Crippen LogP contribution in [-0.2, 0) is 17.4 Å². The molecule has 110 valence electrons. The number of rotatable bonds is 3. The molecular formula is C14H15F3O3. The van der Waals surface area contributed by atoms with Crippen molar-refractivity contribution in [2.45, 2.75) is 39.0 Å². The van der Waals surface area contributed by atoms with Crippen LogP contribution in [0.15, 0.2) is 18.2 Å². The second-order valence-corrected chi connectivity index (χ2v) is 5.66. The van der Waals surface area contributed by atoms with Crippen molar-refractivity contribution in [1.29, 1.82) is 0 Å². The molecule has 0 spiro atoms. The molecule has 0 amide bonds. The van der Waals surface area contributed by atoms with Gasteiger partial charge < -0.3 is 9.84 Å². The van der Waals surface area contributed by atoms with Gasteiger partial charge >= 0.3 is 12.1 Å². The molecule has 0 aromatic heterocycles. The van der Waals surface area contributed by atoms with Gasteiger partial charge in [-0.3, -0.25) is 4.79 Å². The van der Waals surface area contributed by atoms with Crippen LogP contribution in [0.3, 0.4) is 0 Å². The smallest absolute Gasteiger partial charge is 0.416 e. The summed E-state index contributed by atoms with van der Waals surface area (Å²) in [7, 11) is 0. The van der Waals surface area contributed by atoms with E-state index in [1.165, 1.54) is 6.07 Å². The number of halogens is 3. The number of carbonyl (C=O) groups is 1.